The number of hydrogen-bond acceptors (Lipinski definition) is 2. The van der Waals surface area contributed by atoms with Crippen molar-refractivity contribution in [3.8, 4) is 5.75 Å². The van der Waals surface area contributed by atoms with E-state index in [-0.39, 0.29) is 0 Å². The van der Waals surface area contributed by atoms with E-state index < -0.39 is 5.60 Å². The highest BCUT2D eigenvalue weighted by molar-refractivity contribution is 5.21. The fourth-order valence-electron chi connectivity index (χ4n) is 1.41. The summed E-state index contributed by atoms with van der Waals surface area (Å²) in [6.07, 6.45) is 5.16. The van der Waals surface area contributed by atoms with Crippen LogP contribution in [0.2, 0.25) is 0 Å². The Morgan fingerprint density at radius 1 is 1.19 bits per heavy atom. The first kappa shape index (κ1) is 12.8. The van der Waals surface area contributed by atoms with Gasteiger partial charge in [0, 0.05) is 0 Å². The Morgan fingerprint density at radius 3 is 2.38 bits per heavy atom. The predicted octanol–water partition coefficient (Wildman–Crippen LogP) is 3.17. The summed E-state index contributed by atoms with van der Waals surface area (Å²) in [5.74, 6) is 0.851. The van der Waals surface area contributed by atoms with Crippen LogP contribution in [-0.2, 0) is 0 Å². The molecule has 0 unspecified atom stereocenters. The van der Waals surface area contributed by atoms with Crippen molar-refractivity contribution >= 4 is 0 Å². The van der Waals surface area contributed by atoms with Crippen molar-refractivity contribution < 1.29 is 9.84 Å². The van der Waals surface area contributed by atoms with Gasteiger partial charge in [-0.2, -0.15) is 0 Å². The summed E-state index contributed by atoms with van der Waals surface area (Å²) >= 11 is 0. The average molecular weight is 220 g/mol. The van der Waals surface area contributed by atoms with Crippen molar-refractivity contribution in [2.45, 2.75) is 32.3 Å². The lowest BCUT2D eigenvalue weighted by atomic mass is 9.97. The highest BCUT2D eigenvalue weighted by Crippen LogP contribution is 2.16. The van der Waals surface area contributed by atoms with Gasteiger partial charge in [0.25, 0.3) is 0 Å². The van der Waals surface area contributed by atoms with E-state index in [0.717, 1.165) is 18.6 Å². The molecule has 2 nitrogen and oxygen atoms in total. The van der Waals surface area contributed by atoms with Crippen LogP contribution in [0.25, 0.3) is 0 Å². The monoisotopic (exact) mass is 220 g/mol. The minimum Gasteiger partial charge on any atom is -0.490 e. The Kier molecular flexibility index (Phi) is 5.06. The first-order chi connectivity index (χ1) is 7.70. The third-order valence-electron chi connectivity index (χ3n) is 2.74. The highest BCUT2D eigenvalue weighted by Gasteiger charge is 2.16. The van der Waals surface area contributed by atoms with Crippen LogP contribution in [0.3, 0.4) is 0 Å². The molecule has 0 amide bonds. The number of aliphatic hydroxyl groups is 1. The standard InChI is InChI=1S/C14H20O2/c1-3-14(15,4-2)11-8-12-16-13-9-6-5-7-10-13/h5-11,15H,3-4,12H2,1-2H3/b11-8+. The third-order valence-corrected chi connectivity index (χ3v) is 2.74. The molecule has 1 N–H and O–H groups in total. The Hall–Kier alpha value is -1.28. The molecule has 0 aromatic heterocycles. The maximum Gasteiger partial charge on any atom is 0.119 e. The molecule has 0 saturated carbocycles. The van der Waals surface area contributed by atoms with Crippen LogP contribution in [0.5, 0.6) is 5.75 Å². The van der Waals surface area contributed by atoms with Gasteiger partial charge in [0.1, 0.15) is 12.4 Å². The normalized spacial score (nSPS) is 11.9. The van der Waals surface area contributed by atoms with Gasteiger partial charge in [-0.1, -0.05) is 38.1 Å². The van der Waals surface area contributed by atoms with Crippen molar-refractivity contribution in [2.75, 3.05) is 6.61 Å². The zero-order valence-electron chi connectivity index (χ0n) is 10.0. The Morgan fingerprint density at radius 2 is 1.81 bits per heavy atom. The van der Waals surface area contributed by atoms with E-state index >= 15 is 0 Å². The molecular weight excluding hydrogens is 200 g/mol. The molecule has 2 heteroatoms. The summed E-state index contributed by atoms with van der Waals surface area (Å²) in [6.45, 7) is 4.45. The van der Waals surface area contributed by atoms with Crippen molar-refractivity contribution in [1.29, 1.82) is 0 Å². The van der Waals surface area contributed by atoms with Crippen LogP contribution < -0.4 is 4.74 Å². The molecule has 0 spiro atoms. The minimum atomic E-state index is -0.681. The van der Waals surface area contributed by atoms with Gasteiger partial charge in [-0.15, -0.1) is 0 Å². The molecule has 88 valence electrons. The van der Waals surface area contributed by atoms with E-state index in [1.165, 1.54) is 0 Å². The number of rotatable bonds is 6. The second-order valence-corrected chi connectivity index (χ2v) is 3.84. The third kappa shape index (κ3) is 4.07. The molecule has 1 rings (SSSR count). The van der Waals surface area contributed by atoms with Crippen LogP contribution in [0, 0.1) is 0 Å². The van der Waals surface area contributed by atoms with E-state index in [2.05, 4.69) is 0 Å². The SMILES string of the molecule is CCC(O)(/C=C/COc1ccccc1)CC. The molecule has 0 radical (unpaired) electrons. The topological polar surface area (TPSA) is 29.5 Å². The quantitative estimate of drug-likeness (QED) is 0.746. The highest BCUT2D eigenvalue weighted by atomic mass is 16.5. The van der Waals surface area contributed by atoms with Crippen molar-refractivity contribution in [3.63, 3.8) is 0 Å². The van der Waals surface area contributed by atoms with Crippen LogP contribution in [-0.4, -0.2) is 17.3 Å². The average Bonchev–Trinajstić information content (AvgIpc) is 2.36. The summed E-state index contributed by atoms with van der Waals surface area (Å²) < 4.78 is 5.49. The summed E-state index contributed by atoms with van der Waals surface area (Å²) in [6, 6.07) is 9.66. The number of benzene rings is 1. The minimum absolute atomic E-state index is 0.492. The molecule has 0 saturated heterocycles. The van der Waals surface area contributed by atoms with Gasteiger partial charge < -0.3 is 9.84 Å². The first-order valence-corrected chi connectivity index (χ1v) is 5.78. The van der Waals surface area contributed by atoms with Gasteiger partial charge in [0.05, 0.1) is 5.60 Å². The molecule has 1 aromatic carbocycles. The molecule has 0 aliphatic carbocycles. The summed E-state index contributed by atoms with van der Waals surface area (Å²) in [4.78, 5) is 0. The molecule has 0 atom stereocenters. The molecular formula is C14H20O2. The fraction of sp³-hybridized carbons (Fsp3) is 0.429. The molecule has 0 aliphatic heterocycles. The van der Waals surface area contributed by atoms with Crippen molar-refractivity contribution in [1.82, 2.24) is 0 Å². The van der Waals surface area contributed by atoms with E-state index in [4.69, 9.17) is 4.74 Å². The Balaban J connectivity index is 2.38. The lowest BCUT2D eigenvalue weighted by molar-refractivity contribution is 0.0822. The smallest absolute Gasteiger partial charge is 0.119 e. The second-order valence-electron chi connectivity index (χ2n) is 3.84. The molecule has 0 aliphatic rings. The molecule has 0 heterocycles. The maximum absolute atomic E-state index is 9.98. The first-order valence-electron chi connectivity index (χ1n) is 5.78. The predicted molar refractivity (Wildman–Crippen MR) is 66.6 cm³/mol. The molecule has 1 aromatic rings. The van der Waals surface area contributed by atoms with E-state index in [1.807, 2.05) is 56.3 Å². The van der Waals surface area contributed by atoms with Crippen LogP contribution in [0.15, 0.2) is 42.5 Å². The number of hydrogen-bond donors (Lipinski definition) is 1. The van der Waals surface area contributed by atoms with Gasteiger partial charge in [-0.3, -0.25) is 0 Å². The zero-order chi connectivity index (χ0) is 11.9. The van der Waals surface area contributed by atoms with Gasteiger partial charge in [-0.05, 0) is 31.1 Å². The lowest BCUT2D eigenvalue weighted by Crippen LogP contribution is -2.23. The van der Waals surface area contributed by atoms with Crippen LogP contribution >= 0.6 is 0 Å². The van der Waals surface area contributed by atoms with E-state index in [0.29, 0.717) is 6.61 Å². The number of ether oxygens (including phenoxy) is 1. The Bertz CT molecular complexity index is 313. The van der Waals surface area contributed by atoms with Gasteiger partial charge in [-0.25, -0.2) is 0 Å². The van der Waals surface area contributed by atoms with E-state index in [1.54, 1.807) is 0 Å². The van der Waals surface area contributed by atoms with Crippen molar-refractivity contribution in [3.05, 3.63) is 42.5 Å². The van der Waals surface area contributed by atoms with Crippen molar-refractivity contribution in [2.24, 2.45) is 0 Å². The van der Waals surface area contributed by atoms with Crippen LogP contribution in [0.4, 0.5) is 0 Å². The summed E-state index contributed by atoms with van der Waals surface area (Å²) in [7, 11) is 0. The molecule has 0 bridgehead atoms. The van der Waals surface area contributed by atoms with Gasteiger partial charge in [0.15, 0.2) is 0 Å². The second kappa shape index (κ2) is 6.33. The number of para-hydroxylation sites is 1. The molecule has 16 heavy (non-hydrogen) atoms. The van der Waals surface area contributed by atoms with E-state index in [9.17, 15) is 5.11 Å². The summed E-state index contributed by atoms with van der Waals surface area (Å²) in [5.41, 5.74) is -0.681. The molecule has 0 fully saturated rings. The van der Waals surface area contributed by atoms with Gasteiger partial charge >= 0.3 is 0 Å². The lowest BCUT2D eigenvalue weighted by Gasteiger charge is -2.20. The summed E-state index contributed by atoms with van der Waals surface area (Å²) in [5, 5.41) is 9.98. The van der Waals surface area contributed by atoms with Crippen LogP contribution in [0.1, 0.15) is 26.7 Å². The Labute approximate surface area is 97.6 Å². The zero-order valence-corrected chi connectivity index (χ0v) is 10.0. The fourth-order valence-corrected chi connectivity index (χ4v) is 1.41. The van der Waals surface area contributed by atoms with Gasteiger partial charge in [0.2, 0.25) is 0 Å². The maximum atomic E-state index is 9.98. The largest absolute Gasteiger partial charge is 0.490 e.